The van der Waals surface area contributed by atoms with Gasteiger partial charge in [0.1, 0.15) is 8.07 Å². The summed E-state index contributed by atoms with van der Waals surface area (Å²) in [6.45, 7) is 8.13. The smallest absolute Gasteiger partial charge is 0.207 e. The Kier molecular flexibility index (Phi) is 9.29. The minimum absolute atomic E-state index is 0.253. The van der Waals surface area contributed by atoms with Crippen LogP contribution in [0, 0.1) is 6.92 Å². The van der Waals surface area contributed by atoms with Crippen molar-refractivity contribution in [1.29, 1.82) is 0 Å². The number of benzene rings is 4. The van der Waals surface area contributed by atoms with Gasteiger partial charge in [0.2, 0.25) is 10.0 Å². The summed E-state index contributed by atoms with van der Waals surface area (Å²) >= 11 is 6.61. The number of hydrogen-bond acceptors (Lipinski definition) is 2. The zero-order valence-electron chi connectivity index (χ0n) is 22.6. The number of halogens is 1. The van der Waals surface area contributed by atoms with E-state index in [9.17, 15) is 8.42 Å². The highest BCUT2D eigenvalue weighted by atomic mass is 35.5. The molecule has 0 saturated carbocycles. The number of hydrogen-bond donors (Lipinski definition) is 1. The molecule has 0 aromatic heterocycles. The summed E-state index contributed by atoms with van der Waals surface area (Å²) in [5.74, 6) is 0. The molecule has 3 nitrogen and oxygen atoms in total. The van der Waals surface area contributed by atoms with Crippen LogP contribution in [0.25, 0.3) is 0 Å². The Hall–Kier alpha value is -2.96. The first-order valence-corrected chi connectivity index (χ1v) is 17.7. The minimum Gasteiger partial charge on any atom is -0.207 e. The molecule has 0 aliphatic carbocycles. The largest absolute Gasteiger partial charge is 0.241 e. The number of sulfonamides is 1. The lowest BCUT2D eigenvalue weighted by atomic mass is 10.00. The Bertz CT molecular complexity index is 1450. The molecule has 4 rings (SSSR count). The molecular formula is C33H36ClNO2SSi. The van der Waals surface area contributed by atoms with E-state index in [0.29, 0.717) is 11.4 Å². The van der Waals surface area contributed by atoms with Gasteiger partial charge >= 0.3 is 0 Å². The van der Waals surface area contributed by atoms with Gasteiger partial charge in [-0.05, 0) is 56.0 Å². The number of allylic oxidation sites excluding steroid dienone is 1. The number of aryl methyl sites for hydroxylation is 1. The molecule has 1 unspecified atom stereocenters. The highest BCUT2D eigenvalue weighted by Gasteiger charge is 2.55. The predicted molar refractivity (Wildman–Crippen MR) is 167 cm³/mol. The molecular weight excluding hydrogens is 538 g/mol. The first-order chi connectivity index (χ1) is 18.7. The second kappa shape index (κ2) is 12.5. The van der Waals surface area contributed by atoms with Gasteiger partial charge in [0.25, 0.3) is 0 Å². The maximum absolute atomic E-state index is 14.3. The van der Waals surface area contributed by atoms with Crippen molar-refractivity contribution in [3.05, 3.63) is 138 Å². The first kappa shape index (κ1) is 29.0. The number of rotatable bonds is 12. The van der Waals surface area contributed by atoms with Crippen LogP contribution in [0.2, 0.25) is 11.6 Å². The third-order valence-electron chi connectivity index (χ3n) is 7.72. The van der Waals surface area contributed by atoms with Crippen LogP contribution in [-0.4, -0.2) is 16.5 Å². The third-order valence-corrected chi connectivity index (χ3v) is 15.0. The zero-order chi connectivity index (χ0) is 27.9. The van der Waals surface area contributed by atoms with Crippen LogP contribution in [0.4, 0.5) is 0 Å². The van der Waals surface area contributed by atoms with Gasteiger partial charge in [-0.25, -0.2) is 13.1 Å². The van der Waals surface area contributed by atoms with Crippen molar-refractivity contribution in [3.63, 3.8) is 0 Å². The molecule has 202 valence electrons. The van der Waals surface area contributed by atoms with Crippen molar-refractivity contribution in [2.75, 3.05) is 0 Å². The van der Waals surface area contributed by atoms with Gasteiger partial charge in [-0.1, -0.05) is 132 Å². The van der Waals surface area contributed by atoms with E-state index in [4.69, 9.17) is 11.6 Å². The summed E-state index contributed by atoms with van der Waals surface area (Å²) in [6, 6.07) is 35.5. The van der Waals surface area contributed by atoms with Crippen LogP contribution in [0.15, 0.2) is 127 Å². The van der Waals surface area contributed by atoms with Crippen LogP contribution >= 0.6 is 11.6 Å². The molecule has 0 radical (unpaired) electrons. The monoisotopic (exact) mass is 573 g/mol. The van der Waals surface area contributed by atoms with Crippen LogP contribution in [0.3, 0.4) is 0 Å². The van der Waals surface area contributed by atoms with Crippen molar-refractivity contribution < 1.29 is 8.42 Å². The second-order valence-electron chi connectivity index (χ2n) is 10.2. The second-order valence-corrected chi connectivity index (χ2v) is 16.6. The van der Waals surface area contributed by atoms with E-state index >= 15 is 0 Å². The Labute approximate surface area is 239 Å². The molecule has 0 saturated heterocycles. The number of nitrogens with one attached hydrogen (secondary N) is 1. The van der Waals surface area contributed by atoms with Crippen LogP contribution in [-0.2, 0) is 15.2 Å². The topological polar surface area (TPSA) is 46.2 Å². The first-order valence-electron chi connectivity index (χ1n) is 13.3. The van der Waals surface area contributed by atoms with E-state index in [1.165, 1.54) is 0 Å². The summed E-state index contributed by atoms with van der Waals surface area (Å²) in [4.78, 5) is 0.253. The minimum atomic E-state index is -3.92. The van der Waals surface area contributed by atoms with Crippen molar-refractivity contribution in [1.82, 2.24) is 4.72 Å². The molecule has 6 heteroatoms. The molecule has 0 aliphatic heterocycles. The third kappa shape index (κ3) is 6.12. The Morgan fingerprint density at radius 3 is 1.97 bits per heavy atom. The standard InChI is InChI=1S/C33H36ClNO2SSi/c1-4-5-6-13-25-33(28-15-14-16-29(34)26-28,35-38(36,37)30-23-21-27(2)22-24-30)39(3,31-17-9-7-10-18-31)32-19-11-8-12-20-32/h4,7-12,14-24,26,35H,1,5-6,13,25H2,2-3H3. The van der Waals surface area contributed by atoms with Gasteiger partial charge in [-0.3, -0.25) is 0 Å². The van der Waals surface area contributed by atoms with Gasteiger partial charge in [-0.2, -0.15) is 0 Å². The maximum Gasteiger partial charge on any atom is 0.241 e. The van der Waals surface area contributed by atoms with Gasteiger partial charge < -0.3 is 0 Å². The van der Waals surface area contributed by atoms with Crippen LogP contribution < -0.4 is 15.1 Å². The maximum atomic E-state index is 14.3. The van der Waals surface area contributed by atoms with Gasteiger partial charge in [-0.15, -0.1) is 6.58 Å². The summed E-state index contributed by atoms with van der Waals surface area (Å²) < 4.78 is 31.9. The van der Waals surface area contributed by atoms with Crippen molar-refractivity contribution in [2.24, 2.45) is 0 Å². The van der Waals surface area contributed by atoms with Crippen molar-refractivity contribution in [2.45, 2.75) is 49.2 Å². The molecule has 0 spiro atoms. The Morgan fingerprint density at radius 1 is 0.846 bits per heavy atom. The zero-order valence-corrected chi connectivity index (χ0v) is 25.2. The fourth-order valence-electron chi connectivity index (χ4n) is 5.54. The van der Waals surface area contributed by atoms with Gasteiger partial charge in [0, 0.05) is 5.02 Å². The lowest BCUT2D eigenvalue weighted by molar-refractivity contribution is 0.462. The summed E-state index contributed by atoms with van der Waals surface area (Å²) in [6.07, 6.45) is 5.12. The van der Waals surface area contributed by atoms with Gasteiger partial charge in [0.15, 0.2) is 0 Å². The molecule has 0 heterocycles. The van der Waals surface area contributed by atoms with E-state index in [-0.39, 0.29) is 4.90 Å². The highest BCUT2D eigenvalue weighted by molar-refractivity contribution is 7.89. The molecule has 0 bridgehead atoms. The molecule has 39 heavy (non-hydrogen) atoms. The molecule has 1 N–H and O–H groups in total. The average molecular weight is 574 g/mol. The fraction of sp³-hybridized carbons (Fsp3) is 0.212. The number of unbranched alkanes of at least 4 members (excludes halogenated alkanes) is 2. The quantitative estimate of drug-likeness (QED) is 0.113. The normalized spacial score (nSPS) is 13.5. The summed E-state index contributed by atoms with van der Waals surface area (Å²) in [5.41, 5.74) is 1.89. The average Bonchev–Trinajstić information content (AvgIpc) is 2.95. The van der Waals surface area contributed by atoms with Crippen molar-refractivity contribution in [3.8, 4) is 0 Å². The van der Waals surface area contributed by atoms with Crippen molar-refractivity contribution >= 4 is 40.1 Å². The van der Waals surface area contributed by atoms with Crippen LogP contribution in [0.1, 0.15) is 36.8 Å². The highest BCUT2D eigenvalue weighted by Crippen LogP contribution is 2.39. The lowest BCUT2D eigenvalue weighted by Gasteiger charge is -2.49. The van der Waals surface area contributed by atoms with Gasteiger partial charge in [0.05, 0.1) is 10.1 Å². The van der Waals surface area contributed by atoms with E-state index < -0.39 is 23.3 Å². The summed E-state index contributed by atoms with van der Waals surface area (Å²) in [7, 11) is -6.85. The SMILES string of the molecule is C=CCCCCC(NS(=O)(=O)c1ccc(C)cc1)(c1cccc(Cl)c1)[Si](C)(c1ccccc1)c1ccccc1. The van der Waals surface area contributed by atoms with E-state index in [1.54, 1.807) is 12.1 Å². The molecule has 0 amide bonds. The van der Waals surface area contributed by atoms with E-state index in [2.05, 4.69) is 42.1 Å². The van der Waals surface area contributed by atoms with Crippen LogP contribution in [0.5, 0.6) is 0 Å². The Morgan fingerprint density at radius 2 is 1.44 bits per heavy atom. The molecule has 0 aliphatic rings. The Balaban J connectivity index is 2.06. The lowest BCUT2D eigenvalue weighted by Crippen LogP contribution is -2.75. The summed E-state index contributed by atoms with van der Waals surface area (Å²) in [5, 5.41) is 1.93. The molecule has 4 aromatic rings. The molecule has 4 aromatic carbocycles. The van der Waals surface area contributed by atoms with E-state index in [0.717, 1.165) is 40.8 Å². The molecule has 1 atom stereocenters. The van der Waals surface area contributed by atoms with E-state index in [1.807, 2.05) is 85.8 Å². The molecule has 0 fully saturated rings. The fourth-order valence-corrected chi connectivity index (χ4v) is 12.7. The predicted octanol–water partition coefficient (Wildman–Crippen LogP) is 7.00.